The number of nitrogens with one attached hydrogen (secondary N) is 1. The van der Waals surface area contributed by atoms with Crippen LogP contribution >= 0.6 is 23.4 Å². The highest BCUT2D eigenvalue weighted by molar-refractivity contribution is 8.00. The van der Waals surface area contributed by atoms with E-state index in [1.807, 2.05) is 36.0 Å². The third-order valence-electron chi connectivity index (χ3n) is 3.39. The standard InChI is InChI=1S/C20H24ClNO2S/c1-20(2,3)25-13-12-22-19(23)15-8-10-17(11-9-15)24-14-16-6-4-5-7-18(16)21/h4-11H,12-14H2,1-3H3,(H,22,23). The monoisotopic (exact) mass is 377 g/mol. The van der Waals surface area contributed by atoms with Crippen molar-refractivity contribution in [1.82, 2.24) is 5.32 Å². The molecule has 0 radical (unpaired) electrons. The van der Waals surface area contributed by atoms with Crippen molar-refractivity contribution in [2.24, 2.45) is 0 Å². The van der Waals surface area contributed by atoms with Crippen LogP contribution in [0.2, 0.25) is 5.02 Å². The van der Waals surface area contributed by atoms with Crippen LogP contribution in [0.1, 0.15) is 36.7 Å². The zero-order chi connectivity index (χ0) is 18.3. The molecular formula is C20H24ClNO2S. The van der Waals surface area contributed by atoms with E-state index in [0.717, 1.165) is 11.3 Å². The van der Waals surface area contributed by atoms with Crippen molar-refractivity contribution < 1.29 is 9.53 Å². The molecule has 0 saturated carbocycles. The molecular weight excluding hydrogens is 354 g/mol. The topological polar surface area (TPSA) is 38.3 Å². The lowest BCUT2D eigenvalue weighted by atomic mass is 10.2. The summed E-state index contributed by atoms with van der Waals surface area (Å²) in [5.41, 5.74) is 1.56. The van der Waals surface area contributed by atoms with Crippen LogP contribution in [0.25, 0.3) is 0 Å². The number of ether oxygens (including phenoxy) is 1. The van der Waals surface area contributed by atoms with E-state index >= 15 is 0 Å². The van der Waals surface area contributed by atoms with Crippen LogP contribution in [0.3, 0.4) is 0 Å². The minimum Gasteiger partial charge on any atom is -0.489 e. The third-order valence-corrected chi connectivity index (χ3v) is 5.03. The quantitative estimate of drug-likeness (QED) is 0.675. The Morgan fingerprint density at radius 3 is 2.44 bits per heavy atom. The lowest BCUT2D eigenvalue weighted by Crippen LogP contribution is -2.26. The molecule has 0 fully saturated rings. The summed E-state index contributed by atoms with van der Waals surface area (Å²) in [5, 5.41) is 3.62. The second-order valence-corrected chi connectivity index (χ2v) is 8.95. The predicted molar refractivity (Wildman–Crippen MR) is 107 cm³/mol. The minimum atomic E-state index is -0.0628. The van der Waals surface area contributed by atoms with Crippen LogP contribution in [-0.4, -0.2) is 23.0 Å². The Morgan fingerprint density at radius 1 is 1.12 bits per heavy atom. The first-order valence-corrected chi connectivity index (χ1v) is 9.60. The SMILES string of the molecule is CC(C)(C)SCCNC(=O)c1ccc(OCc2ccccc2Cl)cc1. The van der Waals surface area contributed by atoms with Gasteiger partial charge in [0.05, 0.1) is 0 Å². The van der Waals surface area contributed by atoms with Crippen molar-refractivity contribution in [3.63, 3.8) is 0 Å². The van der Waals surface area contributed by atoms with E-state index < -0.39 is 0 Å². The summed E-state index contributed by atoms with van der Waals surface area (Å²) in [7, 11) is 0. The van der Waals surface area contributed by atoms with Gasteiger partial charge in [0.25, 0.3) is 5.91 Å². The Bertz CT molecular complexity index is 696. The minimum absolute atomic E-state index is 0.0628. The van der Waals surface area contributed by atoms with Gasteiger partial charge in [-0.15, -0.1) is 0 Å². The van der Waals surface area contributed by atoms with E-state index in [1.165, 1.54) is 0 Å². The second-order valence-electron chi connectivity index (χ2n) is 6.62. The van der Waals surface area contributed by atoms with Crippen LogP contribution in [0.15, 0.2) is 48.5 Å². The van der Waals surface area contributed by atoms with Gasteiger partial charge in [-0.25, -0.2) is 0 Å². The highest BCUT2D eigenvalue weighted by Crippen LogP contribution is 2.22. The fraction of sp³-hybridized carbons (Fsp3) is 0.350. The molecule has 0 aliphatic carbocycles. The zero-order valence-corrected chi connectivity index (χ0v) is 16.4. The van der Waals surface area contributed by atoms with Crippen molar-refractivity contribution in [2.75, 3.05) is 12.3 Å². The van der Waals surface area contributed by atoms with Crippen LogP contribution in [0.4, 0.5) is 0 Å². The van der Waals surface area contributed by atoms with Gasteiger partial charge in [-0.2, -0.15) is 11.8 Å². The smallest absolute Gasteiger partial charge is 0.251 e. The Kier molecular flexibility index (Phi) is 7.21. The maximum absolute atomic E-state index is 12.1. The molecule has 2 aromatic rings. The lowest BCUT2D eigenvalue weighted by molar-refractivity contribution is 0.0956. The van der Waals surface area contributed by atoms with E-state index in [1.54, 1.807) is 24.3 Å². The molecule has 1 N–H and O–H groups in total. The van der Waals surface area contributed by atoms with Crippen LogP contribution in [-0.2, 0) is 6.61 Å². The molecule has 3 nitrogen and oxygen atoms in total. The van der Waals surface area contributed by atoms with Gasteiger partial charge in [-0.3, -0.25) is 4.79 Å². The third kappa shape index (κ3) is 7.00. The summed E-state index contributed by atoms with van der Waals surface area (Å²) in [5.74, 6) is 1.54. The van der Waals surface area contributed by atoms with E-state index in [9.17, 15) is 4.79 Å². The Morgan fingerprint density at radius 2 is 1.80 bits per heavy atom. The summed E-state index contributed by atoms with van der Waals surface area (Å²) in [6, 6.07) is 14.7. The van der Waals surface area contributed by atoms with Crippen molar-refractivity contribution in [2.45, 2.75) is 32.1 Å². The summed E-state index contributed by atoms with van der Waals surface area (Å²) >= 11 is 7.94. The molecule has 25 heavy (non-hydrogen) atoms. The van der Waals surface area contributed by atoms with Crippen molar-refractivity contribution >= 4 is 29.3 Å². The van der Waals surface area contributed by atoms with Crippen molar-refractivity contribution in [3.05, 3.63) is 64.7 Å². The summed E-state index contributed by atoms with van der Waals surface area (Å²) < 4.78 is 5.94. The summed E-state index contributed by atoms with van der Waals surface area (Å²) in [4.78, 5) is 12.1. The molecule has 2 rings (SSSR count). The maximum Gasteiger partial charge on any atom is 0.251 e. The molecule has 5 heteroatoms. The Balaban J connectivity index is 1.81. The molecule has 0 heterocycles. The molecule has 0 aliphatic heterocycles. The number of thioether (sulfide) groups is 1. The van der Waals surface area contributed by atoms with Gasteiger partial charge >= 0.3 is 0 Å². The van der Waals surface area contributed by atoms with Gasteiger partial charge in [-0.05, 0) is 30.3 Å². The number of hydrogen-bond donors (Lipinski definition) is 1. The number of carbonyl (C=O) groups is 1. The first kappa shape index (κ1) is 19.7. The lowest BCUT2D eigenvalue weighted by Gasteiger charge is -2.17. The van der Waals surface area contributed by atoms with Gasteiger partial charge in [0.15, 0.2) is 0 Å². The average Bonchev–Trinajstić information content (AvgIpc) is 2.57. The van der Waals surface area contributed by atoms with Gasteiger partial charge in [0, 0.05) is 33.2 Å². The molecule has 0 saturated heterocycles. The number of benzene rings is 2. The predicted octanol–water partition coefficient (Wildman–Crippen LogP) is 5.18. The van der Waals surface area contributed by atoms with Gasteiger partial charge in [0.1, 0.15) is 12.4 Å². The number of halogens is 1. The van der Waals surface area contributed by atoms with Crippen LogP contribution in [0.5, 0.6) is 5.75 Å². The highest BCUT2D eigenvalue weighted by Gasteiger charge is 2.11. The molecule has 2 aromatic carbocycles. The van der Waals surface area contributed by atoms with Crippen LogP contribution in [0, 0.1) is 0 Å². The fourth-order valence-electron chi connectivity index (χ4n) is 2.10. The molecule has 1 amide bonds. The molecule has 0 atom stereocenters. The summed E-state index contributed by atoms with van der Waals surface area (Å²) in [6.07, 6.45) is 0. The van der Waals surface area contributed by atoms with E-state index in [2.05, 4.69) is 26.1 Å². The first-order chi connectivity index (χ1) is 11.8. The van der Waals surface area contributed by atoms with E-state index in [-0.39, 0.29) is 10.7 Å². The van der Waals surface area contributed by atoms with Gasteiger partial charge < -0.3 is 10.1 Å². The molecule has 0 unspecified atom stereocenters. The largest absolute Gasteiger partial charge is 0.489 e. The van der Waals surface area contributed by atoms with Gasteiger partial charge in [0.2, 0.25) is 0 Å². The average molecular weight is 378 g/mol. The molecule has 134 valence electrons. The normalized spacial score (nSPS) is 11.2. The van der Waals surface area contributed by atoms with Crippen LogP contribution < -0.4 is 10.1 Å². The second kappa shape index (κ2) is 9.16. The number of hydrogen-bond acceptors (Lipinski definition) is 3. The number of rotatable bonds is 7. The highest BCUT2D eigenvalue weighted by atomic mass is 35.5. The Hall–Kier alpha value is -1.65. The molecule has 0 aromatic heterocycles. The van der Waals surface area contributed by atoms with Crippen molar-refractivity contribution in [3.8, 4) is 5.75 Å². The Labute approximate surface area is 159 Å². The van der Waals surface area contributed by atoms with E-state index in [0.29, 0.717) is 29.5 Å². The maximum atomic E-state index is 12.1. The molecule has 0 bridgehead atoms. The fourth-order valence-corrected chi connectivity index (χ4v) is 3.11. The molecule has 0 spiro atoms. The molecule has 0 aliphatic rings. The van der Waals surface area contributed by atoms with Crippen molar-refractivity contribution in [1.29, 1.82) is 0 Å². The van der Waals surface area contributed by atoms with E-state index in [4.69, 9.17) is 16.3 Å². The number of carbonyl (C=O) groups excluding carboxylic acids is 1. The zero-order valence-electron chi connectivity index (χ0n) is 14.8. The summed E-state index contributed by atoms with van der Waals surface area (Å²) in [6.45, 7) is 7.56. The first-order valence-electron chi connectivity index (χ1n) is 8.23. The van der Waals surface area contributed by atoms with Gasteiger partial charge in [-0.1, -0.05) is 50.6 Å². The number of amides is 1.